The van der Waals surface area contributed by atoms with Gasteiger partial charge in [0.05, 0.1) is 6.04 Å². The Morgan fingerprint density at radius 2 is 1.92 bits per heavy atom. The Balaban J connectivity index is 0.000000948. The Morgan fingerprint density at radius 1 is 1.15 bits per heavy atom. The molecule has 2 atom stereocenters. The summed E-state index contributed by atoms with van der Waals surface area (Å²) in [6.45, 7) is 12.6. The standard InChI is InChI=1S/C21H23ClN2.C2H6/c1-12-7-8-15-14(3)18(22)10-9-16(15)21(12)24-20-6-4-5-19-17(20)11-13(2)23-19;1-2/h4-6,9-10,12,21,23-24H,2,7-8,11H2,1,3H3;1-2H3. The van der Waals surface area contributed by atoms with E-state index in [0.29, 0.717) is 12.0 Å². The molecule has 26 heavy (non-hydrogen) atoms. The lowest BCUT2D eigenvalue weighted by molar-refractivity contribution is 0.433. The number of halogens is 1. The molecule has 0 spiro atoms. The van der Waals surface area contributed by atoms with Crippen LogP contribution in [0.5, 0.6) is 0 Å². The summed E-state index contributed by atoms with van der Waals surface area (Å²) in [6, 6.07) is 11.0. The maximum Gasteiger partial charge on any atom is 0.0542 e. The van der Waals surface area contributed by atoms with Gasteiger partial charge in [0.25, 0.3) is 0 Å². The maximum absolute atomic E-state index is 6.34. The molecular weight excluding hydrogens is 340 g/mol. The van der Waals surface area contributed by atoms with Gasteiger partial charge in [-0.1, -0.05) is 51.1 Å². The predicted molar refractivity (Wildman–Crippen MR) is 114 cm³/mol. The third-order valence-electron chi connectivity index (χ3n) is 5.51. The van der Waals surface area contributed by atoms with Crippen molar-refractivity contribution in [1.82, 2.24) is 0 Å². The minimum Gasteiger partial charge on any atom is -0.378 e. The van der Waals surface area contributed by atoms with Crippen LogP contribution in [-0.2, 0) is 12.8 Å². The zero-order chi connectivity index (χ0) is 18.8. The molecule has 2 N–H and O–H groups in total. The van der Waals surface area contributed by atoms with Crippen molar-refractivity contribution in [2.45, 2.75) is 53.0 Å². The number of nitrogens with one attached hydrogen (secondary N) is 2. The van der Waals surface area contributed by atoms with Gasteiger partial charge in [-0.2, -0.15) is 0 Å². The van der Waals surface area contributed by atoms with Crippen LogP contribution in [0.25, 0.3) is 0 Å². The minimum atomic E-state index is 0.324. The highest BCUT2D eigenvalue weighted by molar-refractivity contribution is 6.31. The van der Waals surface area contributed by atoms with Gasteiger partial charge in [-0.15, -0.1) is 0 Å². The monoisotopic (exact) mass is 368 g/mol. The van der Waals surface area contributed by atoms with Crippen LogP contribution >= 0.6 is 11.6 Å². The van der Waals surface area contributed by atoms with E-state index in [2.05, 4.69) is 55.3 Å². The van der Waals surface area contributed by atoms with Gasteiger partial charge in [0.15, 0.2) is 0 Å². The van der Waals surface area contributed by atoms with Gasteiger partial charge in [-0.25, -0.2) is 0 Å². The molecule has 2 nitrogen and oxygen atoms in total. The minimum absolute atomic E-state index is 0.324. The number of rotatable bonds is 2. The first-order valence-corrected chi connectivity index (χ1v) is 10.0. The van der Waals surface area contributed by atoms with Crippen LogP contribution in [0.15, 0.2) is 42.6 Å². The van der Waals surface area contributed by atoms with Crippen LogP contribution in [0.2, 0.25) is 5.02 Å². The maximum atomic E-state index is 6.34. The van der Waals surface area contributed by atoms with Gasteiger partial charge in [0.1, 0.15) is 0 Å². The smallest absolute Gasteiger partial charge is 0.0542 e. The third-order valence-corrected chi connectivity index (χ3v) is 5.92. The normalized spacial score (nSPS) is 20.4. The van der Waals surface area contributed by atoms with Crippen molar-refractivity contribution in [1.29, 1.82) is 0 Å². The highest BCUT2D eigenvalue weighted by Gasteiger charge is 2.29. The van der Waals surface area contributed by atoms with E-state index in [-0.39, 0.29) is 0 Å². The fourth-order valence-corrected chi connectivity index (χ4v) is 4.26. The first-order valence-electron chi connectivity index (χ1n) is 9.65. The number of anilines is 2. The molecule has 3 heteroatoms. The number of fused-ring (bicyclic) bond motifs is 2. The second-order valence-corrected chi connectivity index (χ2v) is 7.52. The average Bonchev–Trinajstić information content (AvgIpc) is 3.03. The van der Waals surface area contributed by atoms with E-state index in [1.54, 1.807) is 0 Å². The molecule has 0 bridgehead atoms. The molecule has 0 saturated carbocycles. The van der Waals surface area contributed by atoms with E-state index >= 15 is 0 Å². The van der Waals surface area contributed by atoms with Crippen molar-refractivity contribution < 1.29 is 0 Å². The van der Waals surface area contributed by atoms with Crippen molar-refractivity contribution in [2.75, 3.05) is 10.6 Å². The summed E-state index contributed by atoms with van der Waals surface area (Å²) in [7, 11) is 0. The summed E-state index contributed by atoms with van der Waals surface area (Å²) in [5.74, 6) is 0.589. The highest BCUT2D eigenvalue weighted by atomic mass is 35.5. The Kier molecular flexibility index (Phi) is 5.62. The summed E-state index contributed by atoms with van der Waals surface area (Å²) in [4.78, 5) is 0. The zero-order valence-corrected chi connectivity index (χ0v) is 17.0. The van der Waals surface area contributed by atoms with Gasteiger partial charge < -0.3 is 10.6 Å². The lowest BCUT2D eigenvalue weighted by Gasteiger charge is -2.34. The van der Waals surface area contributed by atoms with Crippen LogP contribution in [0.4, 0.5) is 11.4 Å². The van der Waals surface area contributed by atoms with Gasteiger partial charge >= 0.3 is 0 Å². The summed E-state index contributed by atoms with van der Waals surface area (Å²) in [5.41, 5.74) is 8.86. The van der Waals surface area contributed by atoms with E-state index in [4.69, 9.17) is 11.6 Å². The fraction of sp³-hybridized carbons (Fsp3) is 0.391. The second kappa shape index (κ2) is 7.75. The summed E-state index contributed by atoms with van der Waals surface area (Å²) >= 11 is 6.34. The first-order chi connectivity index (χ1) is 12.5. The molecule has 2 unspecified atom stereocenters. The molecule has 2 aliphatic rings. The lowest BCUT2D eigenvalue weighted by Crippen LogP contribution is -2.26. The Morgan fingerprint density at radius 3 is 2.69 bits per heavy atom. The van der Waals surface area contributed by atoms with Gasteiger partial charge in [0, 0.05) is 34.1 Å². The van der Waals surface area contributed by atoms with Crippen LogP contribution in [0.3, 0.4) is 0 Å². The molecule has 0 amide bonds. The van der Waals surface area contributed by atoms with Crippen molar-refractivity contribution in [3.63, 3.8) is 0 Å². The van der Waals surface area contributed by atoms with Crippen LogP contribution in [0.1, 0.15) is 55.5 Å². The van der Waals surface area contributed by atoms with E-state index in [9.17, 15) is 0 Å². The molecule has 1 heterocycles. The molecular formula is C23H29ClN2. The van der Waals surface area contributed by atoms with Crippen molar-refractivity contribution in [3.05, 3.63) is 69.9 Å². The largest absolute Gasteiger partial charge is 0.378 e. The number of hydrogen-bond donors (Lipinski definition) is 2. The number of allylic oxidation sites excluding steroid dienone is 1. The van der Waals surface area contributed by atoms with E-state index in [0.717, 1.165) is 23.6 Å². The Hall–Kier alpha value is -1.93. The first kappa shape index (κ1) is 18.8. The molecule has 138 valence electrons. The van der Waals surface area contributed by atoms with E-state index in [1.165, 1.54) is 40.0 Å². The van der Waals surface area contributed by atoms with Crippen LogP contribution < -0.4 is 10.6 Å². The SMILES string of the molecule is C=C1Cc2c(cccc2NC2c3ccc(Cl)c(C)c3CCC2C)N1.CC. The quantitative estimate of drug-likeness (QED) is 0.602. The fourth-order valence-electron chi connectivity index (χ4n) is 4.08. The van der Waals surface area contributed by atoms with Gasteiger partial charge in [-0.3, -0.25) is 0 Å². The molecule has 0 aromatic heterocycles. The molecule has 1 aliphatic carbocycles. The highest BCUT2D eigenvalue weighted by Crippen LogP contribution is 2.42. The van der Waals surface area contributed by atoms with Crippen molar-refractivity contribution >= 4 is 23.0 Å². The molecule has 2 aromatic carbocycles. The number of benzene rings is 2. The molecule has 0 saturated heterocycles. The predicted octanol–water partition coefficient (Wildman–Crippen LogP) is 6.89. The molecule has 1 aliphatic heterocycles. The van der Waals surface area contributed by atoms with Gasteiger partial charge in [-0.05, 0) is 60.6 Å². The molecule has 2 aromatic rings. The van der Waals surface area contributed by atoms with Crippen LogP contribution in [0, 0.1) is 12.8 Å². The van der Waals surface area contributed by atoms with Crippen LogP contribution in [-0.4, -0.2) is 0 Å². The molecule has 4 rings (SSSR count). The summed E-state index contributed by atoms with van der Waals surface area (Å²) in [5, 5.41) is 8.08. The van der Waals surface area contributed by atoms with E-state index < -0.39 is 0 Å². The lowest BCUT2D eigenvalue weighted by atomic mass is 9.79. The van der Waals surface area contributed by atoms with E-state index in [1.807, 2.05) is 19.9 Å². The molecule has 0 fully saturated rings. The average molecular weight is 369 g/mol. The summed E-state index contributed by atoms with van der Waals surface area (Å²) in [6.07, 6.45) is 3.20. The molecule has 0 radical (unpaired) electrons. The second-order valence-electron chi connectivity index (χ2n) is 7.12. The Bertz CT molecular complexity index is 825. The van der Waals surface area contributed by atoms with Crippen molar-refractivity contribution in [3.8, 4) is 0 Å². The van der Waals surface area contributed by atoms with Crippen molar-refractivity contribution in [2.24, 2.45) is 5.92 Å². The third kappa shape index (κ3) is 3.35. The Labute approximate surface area is 162 Å². The zero-order valence-electron chi connectivity index (χ0n) is 16.2. The summed E-state index contributed by atoms with van der Waals surface area (Å²) < 4.78 is 0. The number of hydrogen-bond acceptors (Lipinski definition) is 2. The van der Waals surface area contributed by atoms with Gasteiger partial charge in [0.2, 0.25) is 0 Å². The topological polar surface area (TPSA) is 24.1 Å².